The SMILES string of the molecule is COc1ccc(CC[C@@](C)(N)C(=O)O)cc1OC. The van der Waals surface area contributed by atoms with Crippen LogP contribution in [-0.2, 0) is 11.2 Å². The Morgan fingerprint density at radius 3 is 2.44 bits per heavy atom. The molecule has 0 spiro atoms. The van der Waals surface area contributed by atoms with Gasteiger partial charge in [0.1, 0.15) is 5.54 Å². The third-order valence-electron chi connectivity index (χ3n) is 2.87. The lowest BCUT2D eigenvalue weighted by molar-refractivity contribution is -0.142. The summed E-state index contributed by atoms with van der Waals surface area (Å²) in [6.07, 6.45) is 0.928. The molecular weight excluding hydrogens is 234 g/mol. The first-order valence-corrected chi connectivity index (χ1v) is 5.64. The number of aliphatic carboxylic acids is 1. The number of benzene rings is 1. The van der Waals surface area contributed by atoms with Crippen molar-refractivity contribution in [3.63, 3.8) is 0 Å². The minimum atomic E-state index is -1.22. The summed E-state index contributed by atoms with van der Waals surface area (Å²) in [6, 6.07) is 5.50. The fourth-order valence-corrected chi connectivity index (χ4v) is 1.55. The molecule has 0 saturated heterocycles. The molecule has 1 aromatic carbocycles. The second-order valence-electron chi connectivity index (χ2n) is 4.41. The molecule has 0 radical (unpaired) electrons. The molecule has 5 heteroatoms. The van der Waals surface area contributed by atoms with Crippen molar-refractivity contribution in [2.45, 2.75) is 25.3 Å². The number of methoxy groups -OCH3 is 2. The molecule has 0 bridgehead atoms. The third-order valence-corrected chi connectivity index (χ3v) is 2.87. The number of carbonyl (C=O) groups is 1. The first-order valence-electron chi connectivity index (χ1n) is 5.64. The molecule has 3 N–H and O–H groups in total. The maximum absolute atomic E-state index is 10.9. The zero-order valence-electron chi connectivity index (χ0n) is 10.9. The molecule has 5 nitrogen and oxygen atoms in total. The van der Waals surface area contributed by atoms with Gasteiger partial charge in [-0.15, -0.1) is 0 Å². The van der Waals surface area contributed by atoms with Crippen LogP contribution in [0.5, 0.6) is 11.5 Å². The number of hydrogen-bond donors (Lipinski definition) is 2. The average molecular weight is 253 g/mol. The van der Waals surface area contributed by atoms with Gasteiger partial charge in [-0.1, -0.05) is 6.07 Å². The van der Waals surface area contributed by atoms with Crippen LogP contribution in [0.4, 0.5) is 0 Å². The van der Waals surface area contributed by atoms with Crippen molar-refractivity contribution in [1.29, 1.82) is 0 Å². The van der Waals surface area contributed by atoms with E-state index in [4.69, 9.17) is 20.3 Å². The number of carboxylic acids is 1. The molecule has 0 aliphatic heterocycles. The van der Waals surface area contributed by atoms with Gasteiger partial charge in [0.2, 0.25) is 0 Å². The van der Waals surface area contributed by atoms with Crippen molar-refractivity contribution >= 4 is 5.97 Å². The zero-order chi connectivity index (χ0) is 13.8. The summed E-state index contributed by atoms with van der Waals surface area (Å²) in [4.78, 5) is 10.9. The zero-order valence-corrected chi connectivity index (χ0v) is 10.9. The molecule has 0 saturated carbocycles. The van der Waals surface area contributed by atoms with E-state index >= 15 is 0 Å². The van der Waals surface area contributed by atoms with Gasteiger partial charge in [-0.25, -0.2) is 0 Å². The van der Waals surface area contributed by atoms with Crippen molar-refractivity contribution in [3.8, 4) is 11.5 Å². The summed E-state index contributed by atoms with van der Waals surface area (Å²) in [7, 11) is 3.13. The van der Waals surface area contributed by atoms with Gasteiger partial charge in [-0.05, 0) is 37.5 Å². The first-order chi connectivity index (χ1) is 8.40. The molecule has 0 aliphatic carbocycles. The lowest BCUT2D eigenvalue weighted by Crippen LogP contribution is -2.45. The minimum Gasteiger partial charge on any atom is -0.493 e. The Balaban J connectivity index is 2.77. The van der Waals surface area contributed by atoms with Crippen molar-refractivity contribution in [1.82, 2.24) is 0 Å². The van der Waals surface area contributed by atoms with E-state index in [2.05, 4.69) is 0 Å². The number of carboxylic acid groups (broad SMARTS) is 1. The van der Waals surface area contributed by atoms with Crippen molar-refractivity contribution in [3.05, 3.63) is 23.8 Å². The third kappa shape index (κ3) is 3.37. The minimum absolute atomic E-state index is 0.359. The van der Waals surface area contributed by atoms with E-state index in [0.717, 1.165) is 5.56 Å². The van der Waals surface area contributed by atoms with E-state index in [1.807, 2.05) is 12.1 Å². The summed E-state index contributed by atoms with van der Waals surface area (Å²) in [5, 5.41) is 8.93. The predicted octanol–water partition coefficient (Wildman–Crippen LogP) is 1.44. The van der Waals surface area contributed by atoms with Crippen molar-refractivity contribution < 1.29 is 19.4 Å². The fraction of sp³-hybridized carbons (Fsp3) is 0.462. The van der Waals surface area contributed by atoms with Gasteiger partial charge in [-0.2, -0.15) is 0 Å². The number of aryl methyl sites for hydroxylation is 1. The van der Waals surface area contributed by atoms with Crippen LogP contribution in [0.15, 0.2) is 18.2 Å². The smallest absolute Gasteiger partial charge is 0.323 e. The Kier molecular flexibility index (Phi) is 4.55. The standard InChI is InChI=1S/C13H19NO4/c1-13(14,12(15)16)7-6-9-4-5-10(17-2)11(8-9)18-3/h4-5,8H,6-7,14H2,1-3H3,(H,15,16)/t13-/m1/s1. The summed E-state index contributed by atoms with van der Waals surface area (Å²) >= 11 is 0. The fourth-order valence-electron chi connectivity index (χ4n) is 1.55. The molecule has 0 unspecified atom stereocenters. The summed E-state index contributed by atoms with van der Waals surface area (Å²) in [5.74, 6) is 0.280. The largest absolute Gasteiger partial charge is 0.493 e. The van der Waals surface area contributed by atoms with E-state index in [1.165, 1.54) is 6.92 Å². The lowest BCUT2D eigenvalue weighted by Gasteiger charge is -2.19. The Labute approximate surface area is 107 Å². The van der Waals surface area contributed by atoms with Gasteiger partial charge < -0.3 is 20.3 Å². The van der Waals surface area contributed by atoms with Gasteiger partial charge in [0.15, 0.2) is 11.5 Å². The maximum Gasteiger partial charge on any atom is 0.323 e. The number of hydrogen-bond acceptors (Lipinski definition) is 4. The van der Waals surface area contributed by atoms with E-state index in [1.54, 1.807) is 20.3 Å². The Morgan fingerprint density at radius 1 is 1.33 bits per heavy atom. The average Bonchev–Trinajstić information content (AvgIpc) is 2.35. The molecule has 18 heavy (non-hydrogen) atoms. The van der Waals surface area contributed by atoms with Gasteiger partial charge >= 0.3 is 5.97 Å². The second-order valence-corrected chi connectivity index (χ2v) is 4.41. The molecule has 0 fully saturated rings. The number of nitrogens with two attached hydrogens (primary N) is 1. The normalized spacial score (nSPS) is 13.8. The molecule has 1 rings (SSSR count). The molecule has 1 aromatic rings. The number of ether oxygens (including phenoxy) is 2. The van der Waals surface area contributed by atoms with Crippen LogP contribution in [0.2, 0.25) is 0 Å². The van der Waals surface area contributed by atoms with E-state index < -0.39 is 11.5 Å². The van der Waals surface area contributed by atoms with E-state index in [0.29, 0.717) is 24.3 Å². The molecule has 0 heterocycles. The Bertz CT molecular complexity index is 429. The van der Waals surface area contributed by atoms with Crippen molar-refractivity contribution in [2.24, 2.45) is 5.73 Å². The summed E-state index contributed by atoms with van der Waals surface area (Å²) in [6.45, 7) is 1.51. The summed E-state index contributed by atoms with van der Waals surface area (Å²) < 4.78 is 10.3. The van der Waals surface area contributed by atoms with Crippen LogP contribution < -0.4 is 15.2 Å². The second kappa shape index (κ2) is 5.73. The first kappa shape index (κ1) is 14.3. The van der Waals surface area contributed by atoms with Crippen LogP contribution in [0.3, 0.4) is 0 Å². The van der Waals surface area contributed by atoms with Crippen LogP contribution >= 0.6 is 0 Å². The molecule has 1 atom stereocenters. The highest BCUT2D eigenvalue weighted by molar-refractivity contribution is 5.77. The Hall–Kier alpha value is -1.75. The quantitative estimate of drug-likeness (QED) is 0.801. The van der Waals surface area contributed by atoms with Gasteiger partial charge in [0.25, 0.3) is 0 Å². The highest BCUT2D eigenvalue weighted by atomic mass is 16.5. The van der Waals surface area contributed by atoms with Crippen LogP contribution in [0, 0.1) is 0 Å². The molecule has 0 aromatic heterocycles. The molecule has 100 valence electrons. The maximum atomic E-state index is 10.9. The topological polar surface area (TPSA) is 81.8 Å². The van der Waals surface area contributed by atoms with Crippen LogP contribution in [-0.4, -0.2) is 30.8 Å². The van der Waals surface area contributed by atoms with Crippen LogP contribution in [0.1, 0.15) is 18.9 Å². The Morgan fingerprint density at radius 2 is 1.94 bits per heavy atom. The molecule has 0 amide bonds. The van der Waals surface area contributed by atoms with E-state index in [-0.39, 0.29) is 0 Å². The number of rotatable bonds is 6. The van der Waals surface area contributed by atoms with Gasteiger partial charge in [-0.3, -0.25) is 4.79 Å². The lowest BCUT2D eigenvalue weighted by atomic mass is 9.94. The van der Waals surface area contributed by atoms with Gasteiger partial charge in [0, 0.05) is 0 Å². The predicted molar refractivity (Wildman–Crippen MR) is 68.1 cm³/mol. The van der Waals surface area contributed by atoms with Crippen molar-refractivity contribution in [2.75, 3.05) is 14.2 Å². The van der Waals surface area contributed by atoms with Crippen LogP contribution in [0.25, 0.3) is 0 Å². The summed E-state index contributed by atoms with van der Waals surface area (Å²) in [5.41, 5.74) is 5.43. The van der Waals surface area contributed by atoms with Gasteiger partial charge in [0.05, 0.1) is 14.2 Å². The highest BCUT2D eigenvalue weighted by Gasteiger charge is 2.27. The monoisotopic (exact) mass is 253 g/mol. The molecule has 0 aliphatic rings. The van der Waals surface area contributed by atoms with E-state index in [9.17, 15) is 4.79 Å². The highest BCUT2D eigenvalue weighted by Crippen LogP contribution is 2.28. The molecular formula is C13H19NO4.